The highest BCUT2D eigenvalue weighted by Crippen LogP contribution is 2.39. The van der Waals surface area contributed by atoms with Gasteiger partial charge in [0, 0.05) is 35.2 Å². The first kappa shape index (κ1) is 26.0. The van der Waals surface area contributed by atoms with Gasteiger partial charge in [0.25, 0.3) is 0 Å². The van der Waals surface area contributed by atoms with E-state index in [0.29, 0.717) is 39.8 Å². The topological polar surface area (TPSA) is 95.5 Å². The Kier molecular flexibility index (Phi) is 8.83. The predicted octanol–water partition coefficient (Wildman–Crippen LogP) is 5.41. The maximum Gasteiger partial charge on any atom is 0.203 e. The highest BCUT2D eigenvalue weighted by Gasteiger charge is 2.13. The number of carbonyl (C=O) groups excluding carboxylic acids is 1. The smallest absolute Gasteiger partial charge is 0.203 e. The van der Waals surface area contributed by atoms with Crippen LogP contribution in [0, 0.1) is 0 Å². The molecule has 0 aromatic heterocycles. The van der Waals surface area contributed by atoms with E-state index in [1.54, 1.807) is 70.9 Å². The molecule has 36 heavy (non-hydrogen) atoms. The SMILES string of the molecule is COc1ccc(C(=O)C=CNc2cc(OC)c(O)cc2C=Cc2cc(OC)c(OC)c(OC)c2)cc1. The second-order valence-electron chi connectivity index (χ2n) is 7.47. The van der Waals surface area contributed by atoms with Crippen molar-refractivity contribution in [3.05, 3.63) is 77.5 Å². The number of anilines is 1. The van der Waals surface area contributed by atoms with Gasteiger partial charge in [-0.3, -0.25) is 4.79 Å². The van der Waals surface area contributed by atoms with Crippen molar-refractivity contribution in [2.45, 2.75) is 0 Å². The van der Waals surface area contributed by atoms with Crippen molar-refractivity contribution in [3.63, 3.8) is 0 Å². The summed E-state index contributed by atoms with van der Waals surface area (Å²) in [5.41, 5.74) is 2.59. The fraction of sp³-hybridized carbons (Fsp3) is 0.179. The summed E-state index contributed by atoms with van der Waals surface area (Å²) in [7, 11) is 7.68. The Morgan fingerprint density at radius 3 is 1.97 bits per heavy atom. The van der Waals surface area contributed by atoms with E-state index < -0.39 is 0 Å². The van der Waals surface area contributed by atoms with Crippen molar-refractivity contribution < 1.29 is 33.6 Å². The van der Waals surface area contributed by atoms with E-state index >= 15 is 0 Å². The van der Waals surface area contributed by atoms with Gasteiger partial charge in [-0.25, -0.2) is 0 Å². The van der Waals surface area contributed by atoms with Crippen LogP contribution in [0.15, 0.2) is 60.8 Å². The van der Waals surface area contributed by atoms with Crippen molar-refractivity contribution in [1.82, 2.24) is 0 Å². The molecule has 0 amide bonds. The number of ketones is 1. The molecule has 0 heterocycles. The lowest BCUT2D eigenvalue weighted by Crippen LogP contribution is -1.98. The lowest BCUT2D eigenvalue weighted by Gasteiger charge is -2.13. The fourth-order valence-electron chi connectivity index (χ4n) is 3.45. The molecule has 0 atom stereocenters. The third kappa shape index (κ3) is 6.09. The van der Waals surface area contributed by atoms with Gasteiger partial charge < -0.3 is 34.1 Å². The maximum atomic E-state index is 12.5. The first-order valence-electron chi connectivity index (χ1n) is 10.9. The lowest BCUT2D eigenvalue weighted by atomic mass is 10.1. The summed E-state index contributed by atoms with van der Waals surface area (Å²) in [5, 5.41) is 13.4. The Morgan fingerprint density at radius 2 is 1.42 bits per heavy atom. The van der Waals surface area contributed by atoms with Crippen LogP contribution < -0.4 is 29.0 Å². The largest absolute Gasteiger partial charge is 0.504 e. The molecular formula is C28H29NO7. The summed E-state index contributed by atoms with van der Waals surface area (Å²) < 4.78 is 26.6. The Morgan fingerprint density at radius 1 is 0.778 bits per heavy atom. The number of ether oxygens (including phenoxy) is 5. The second kappa shape index (κ2) is 12.2. The molecule has 0 bridgehead atoms. The molecule has 3 aromatic rings. The molecule has 8 heteroatoms. The highest BCUT2D eigenvalue weighted by atomic mass is 16.5. The van der Waals surface area contributed by atoms with Crippen molar-refractivity contribution in [3.8, 4) is 34.5 Å². The molecule has 0 spiro atoms. The van der Waals surface area contributed by atoms with E-state index in [4.69, 9.17) is 23.7 Å². The molecule has 3 aromatic carbocycles. The summed E-state index contributed by atoms with van der Waals surface area (Å²) >= 11 is 0. The quantitative estimate of drug-likeness (QED) is 0.159. The number of rotatable bonds is 11. The Bertz CT molecular complexity index is 1240. The van der Waals surface area contributed by atoms with Gasteiger partial charge in [-0.05, 0) is 48.0 Å². The van der Waals surface area contributed by atoms with Crippen molar-refractivity contribution >= 4 is 23.6 Å². The number of allylic oxidation sites excluding steroid dienone is 1. The molecule has 0 unspecified atom stereocenters. The lowest BCUT2D eigenvalue weighted by molar-refractivity contribution is 0.104. The molecule has 0 aliphatic carbocycles. The minimum Gasteiger partial charge on any atom is -0.504 e. The van der Waals surface area contributed by atoms with Crippen LogP contribution in [0.3, 0.4) is 0 Å². The number of hydrogen-bond donors (Lipinski definition) is 2. The number of phenols is 1. The van der Waals surface area contributed by atoms with Crippen molar-refractivity contribution in [2.75, 3.05) is 40.9 Å². The predicted molar refractivity (Wildman–Crippen MR) is 140 cm³/mol. The summed E-state index contributed by atoms with van der Waals surface area (Å²) in [6, 6.07) is 13.7. The third-order valence-corrected chi connectivity index (χ3v) is 5.34. The molecular weight excluding hydrogens is 462 g/mol. The number of nitrogens with one attached hydrogen (secondary N) is 1. The van der Waals surface area contributed by atoms with E-state index in [9.17, 15) is 9.90 Å². The standard InChI is InChI=1S/C28H29NO7/c1-32-21-10-8-19(9-11-21)23(30)12-13-29-22-17-25(33-2)24(31)16-20(22)7-6-18-14-26(34-3)28(36-5)27(15-18)35-4/h6-17,29,31H,1-5H3. The van der Waals surface area contributed by atoms with Gasteiger partial charge in [0.1, 0.15) is 5.75 Å². The molecule has 2 N–H and O–H groups in total. The highest BCUT2D eigenvalue weighted by molar-refractivity contribution is 6.04. The van der Waals surface area contributed by atoms with Crippen LogP contribution in [0.1, 0.15) is 21.5 Å². The van der Waals surface area contributed by atoms with Crippen molar-refractivity contribution in [2.24, 2.45) is 0 Å². The van der Waals surface area contributed by atoms with E-state index in [0.717, 1.165) is 5.56 Å². The van der Waals surface area contributed by atoms with Crippen LogP contribution in [0.4, 0.5) is 5.69 Å². The Labute approximate surface area is 210 Å². The molecule has 0 aliphatic rings. The third-order valence-electron chi connectivity index (χ3n) is 5.34. The zero-order valence-corrected chi connectivity index (χ0v) is 20.8. The maximum absolute atomic E-state index is 12.5. The molecule has 0 fully saturated rings. The number of aromatic hydroxyl groups is 1. The molecule has 188 valence electrons. The Hall–Kier alpha value is -4.59. The first-order valence-corrected chi connectivity index (χ1v) is 10.9. The average molecular weight is 492 g/mol. The van der Waals surface area contributed by atoms with Crippen LogP contribution in [-0.4, -0.2) is 46.4 Å². The van der Waals surface area contributed by atoms with Crippen LogP contribution in [-0.2, 0) is 0 Å². The normalized spacial score (nSPS) is 10.9. The average Bonchev–Trinajstić information content (AvgIpc) is 2.91. The van der Waals surface area contributed by atoms with E-state index in [2.05, 4.69) is 5.32 Å². The van der Waals surface area contributed by atoms with Gasteiger partial charge in [-0.2, -0.15) is 0 Å². The van der Waals surface area contributed by atoms with Gasteiger partial charge in [-0.15, -0.1) is 0 Å². The molecule has 0 saturated heterocycles. The van der Waals surface area contributed by atoms with E-state index in [-0.39, 0.29) is 17.3 Å². The van der Waals surface area contributed by atoms with Gasteiger partial charge in [0.05, 0.1) is 35.5 Å². The zero-order valence-electron chi connectivity index (χ0n) is 20.8. The Balaban J connectivity index is 1.88. The fourth-order valence-corrected chi connectivity index (χ4v) is 3.45. The zero-order chi connectivity index (χ0) is 26.1. The number of benzene rings is 3. The number of hydrogen-bond acceptors (Lipinski definition) is 8. The van der Waals surface area contributed by atoms with Crippen LogP contribution in [0.2, 0.25) is 0 Å². The van der Waals surface area contributed by atoms with Gasteiger partial charge in [-0.1, -0.05) is 12.2 Å². The van der Waals surface area contributed by atoms with Crippen LogP contribution in [0.5, 0.6) is 34.5 Å². The summed E-state index contributed by atoms with van der Waals surface area (Å²) in [6.45, 7) is 0. The van der Waals surface area contributed by atoms with Gasteiger partial charge >= 0.3 is 0 Å². The number of phenolic OH excluding ortho intramolecular Hbond substituents is 1. The summed E-state index contributed by atoms with van der Waals surface area (Å²) in [5.74, 6) is 2.30. The van der Waals surface area contributed by atoms with Crippen LogP contribution >= 0.6 is 0 Å². The second-order valence-corrected chi connectivity index (χ2v) is 7.47. The van der Waals surface area contributed by atoms with E-state index in [1.165, 1.54) is 19.4 Å². The van der Waals surface area contributed by atoms with E-state index in [1.807, 2.05) is 18.2 Å². The number of methoxy groups -OCH3 is 5. The minimum absolute atomic E-state index is 0.0223. The number of carbonyl (C=O) groups is 1. The summed E-state index contributed by atoms with van der Waals surface area (Å²) in [4.78, 5) is 12.5. The molecule has 3 rings (SSSR count). The molecule has 0 saturated carbocycles. The first-order chi connectivity index (χ1) is 17.4. The molecule has 0 radical (unpaired) electrons. The van der Waals surface area contributed by atoms with Gasteiger partial charge in [0.2, 0.25) is 5.75 Å². The summed E-state index contributed by atoms with van der Waals surface area (Å²) in [6.07, 6.45) is 6.60. The van der Waals surface area contributed by atoms with Gasteiger partial charge in [0.15, 0.2) is 28.8 Å². The monoisotopic (exact) mass is 491 g/mol. The molecule has 8 nitrogen and oxygen atoms in total. The van der Waals surface area contributed by atoms with Crippen molar-refractivity contribution in [1.29, 1.82) is 0 Å². The van der Waals surface area contributed by atoms with Crippen LogP contribution in [0.25, 0.3) is 12.2 Å². The minimum atomic E-state index is -0.176. The molecule has 0 aliphatic heterocycles.